The number of hydrogen-bond acceptors (Lipinski definition) is 2. The summed E-state index contributed by atoms with van der Waals surface area (Å²) in [6.07, 6.45) is 7.30. The van der Waals surface area contributed by atoms with Crippen molar-refractivity contribution in [2.24, 2.45) is 5.92 Å². The standard InChI is InChI=1S/C18H28N2O/c1-4-5-14-6-8-15(9-7-14)20-18(21)16-11-17(19)13(3)10-12(16)2/h10-11,14-15H,4-9,19H2,1-3H3,(H,20,21). The van der Waals surface area contributed by atoms with Crippen molar-refractivity contribution in [1.82, 2.24) is 5.32 Å². The molecule has 0 aliphatic heterocycles. The Morgan fingerprint density at radius 2 is 1.86 bits per heavy atom. The van der Waals surface area contributed by atoms with Crippen LogP contribution in [0, 0.1) is 19.8 Å². The fourth-order valence-corrected chi connectivity index (χ4v) is 3.38. The summed E-state index contributed by atoms with van der Waals surface area (Å²) in [5.74, 6) is 0.887. The molecule has 1 aromatic rings. The zero-order valence-electron chi connectivity index (χ0n) is 13.5. The number of nitrogen functional groups attached to an aromatic ring is 1. The van der Waals surface area contributed by atoms with Gasteiger partial charge in [0, 0.05) is 17.3 Å². The number of aryl methyl sites for hydroxylation is 2. The van der Waals surface area contributed by atoms with Gasteiger partial charge in [-0.3, -0.25) is 4.79 Å². The highest BCUT2D eigenvalue weighted by Crippen LogP contribution is 2.28. The first-order valence-electron chi connectivity index (χ1n) is 8.18. The predicted molar refractivity (Wildman–Crippen MR) is 88.4 cm³/mol. The van der Waals surface area contributed by atoms with Crippen LogP contribution in [0.2, 0.25) is 0 Å². The zero-order chi connectivity index (χ0) is 15.4. The van der Waals surface area contributed by atoms with Gasteiger partial charge in [0.25, 0.3) is 5.91 Å². The van der Waals surface area contributed by atoms with E-state index in [-0.39, 0.29) is 5.91 Å². The van der Waals surface area contributed by atoms with Gasteiger partial charge in [-0.15, -0.1) is 0 Å². The largest absolute Gasteiger partial charge is 0.398 e. The second-order valence-corrected chi connectivity index (χ2v) is 6.50. The Bertz CT molecular complexity index is 502. The molecule has 0 aromatic heterocycles. The van der Waals surface area contributed by atoms with Crippen molar-refractivity contribution in [2.75, 3.05) is 5.73 Å². The van der Waals surface area contributed by atoms with Gasteiger partial charge in [-0.1, -0.05) is 25.8 Å². The van der Waals surface area contributed by atoms with E-state index in [4.69, 9.17) is 5.73 Å². The van der Waals surface area contributed by atoms with Crippen molar-refractivity contribution < 1.29 is 4.79 Å². The molecular formula is C18H28N2O. The maximum Gasteiger partial charge on any atom is 0.251 e. The van der Waals surface area contributed by atoms with Crippen molar-refractivity contribution >= 4 is 11.6 Å². The summed E-state index contributed by atoms with van der Waals surface area (Å²) < 4.78 is 0. The van der Waals surface area contributed by atoms with E-state index in [1.54, 1.807) is 0 Å². The van der Waals surface area contributed by atoms with E-state index in [1.165, 1.54) is 25.7 Å². The summed E-state index contributed by atoms with van der Waals surface area (Å²) in [5.41, 5.74) is 9.37. The van der Waals surface area contributed by atoms with Gasteiger partial charge in [-0.2, -0.15) is 0 Å². The molecule has 1 saturated carbocycles. The Morgan fingerprint density at radius 3 is 2.48 bits per heavy atom. The Kier molecular flexibility index (Phi) is 5.27. The van der Waals surface area contributed by atoms with Crippen LogP contribution in [0.1, 0.15) is 66.9 Å². The van der Waals surface area contributed by atoms with Gasteiger partial charge >= 0.3 is 0 Å². The van der Waals surface area contributed by atoms with Crippen molar-refractivity contribution in [3.05, 3.63) is 28.8 Å². The number of nitrogens with one attached hydrogen (secondary N) is 1. The molecule has 1 amide bonds. The number of benzene rings is 1. The van der Waals surface area contributed by atoms with Gasteiger partial charge in [-0.05, 0) is 62.6 Å². The van der Waals surface area contributed by atoms with E-state index >= 15 is 0 Å². The summed E-state index contributed by atoms with van der Waals surface area (Å²) in [7, 11) is 0. The quantitative estimate of drug-likeness (QED) is 0.824. The molecular weight excluding hydrogens is 260 g/mol. The van der Waals surface area contributed by atoms with E-state index in [1.807, 2.05) is 26.0 Å². The minimum absolute atomic E-state index is 0.0261. The Balaban J connectivity index is 1.95. The Hall–Kier alpha value is -1.51. The second-order valence-electron chi connectivity index (χ2n) is 6.50. The number of nitrogens with two attached hydrogens (primary N) is 1. The van der Waals surface area contributed by atoms with Crippen molar-refractivity contribution in [1.29, 1.82) is 0 Å². The number of carbonyl (C=O) groups is 1. The van der Waals surface area contributed by atoms with Crippen LogP contribution < -0.4 is 11.1 Å². The summed E-state index contributed by atoms with van der Waals surface area (Å²) in [4.78, 5) is 12.4. The van der Waals surface area contributed by atoms with Gasteiger partial charge in [0.05, 0.1) is 0 Å². The molecule has 1 aliphatic carbocycles. The topological polar surface area (TPSA) is 55.1 Å². The molecule has 0 saturated heterocycles. The van der Waals surface area contributed by atoms with E-state index in [0.717, 1.165) is 29.9 Å². The summed E-state index contributed by atoms with van der Waals surface area (Å²) in [6.45, 7) is 6.19. The summed E-state index contributed by atoms with van der Waals surface area (Å²) >= 11 is 0. The molecule has 116 valence electrons. The summed E-state index contributed by atoms with van der Waals surface area (Å²) in [5, 5.41) is 3.19. The molecule has 1 aromatic carbocycles. The van der Waals surface area contributed by atoms with Gasteiger partial charge in [0.1, 0.15) is 0 Å². The normalized spacial score (nSPS) is 22.0. The lowest BCUT2D eigenvalue weighted by molar-refractivity contribution is 0.0920. The average Bonchev–Trinajstić information content (AvgIpc) is 2.45. The Morgan fingerprint density at radius 1 is 1.19 bits per heavy atom. The smallest absolute Gasteiger partial charge is 0.251 e. The highest BCUT2D eigenvalue weighted by molar-refractivity contribution is 5.96. The fourth-order valence-electron chi connectivity index (χ4n) is 3.38. The van der Waals surface area contributed by atoms with Gasteiger partial charge in [0.15, 0.2) is 0 Å². The lowest BCUT2D eigenvalue weighted by atomic mass is 9.83. The van der Waals surface area contributed by atoms with Crippen LogP contribution in [0.3, 0.4) is 0 Å². The molecule has 3 heteroatoms. The molecule has 0 bridgehead atoms. The van der Waals surface area contributed by atoms with Crippen molar-refractivity contribution in [3.8, 4) is 0 Å². The van der Waals surface area contributed by atoms with Gasteiger partial charge in [0.2, 0.25) is 0 Å². The number of amides is 1. The molecule has 0 spiro atoms. The number of rotatable bonds is 4. The van der Waals surface area contributed by atoms with Gasteiger partial charge < -0.3 is 11.1 Å². The average molecular weight is 288 g/mol. The highest BCUT2D eigenvalue weighted by atomic mass is 16.1. The highest BCUT2D eigenvalue weighted by Gasteiger charge is 2.22. The molecule has 1 aliphatic rings. The van der Waals surface area contributed by atoms with E-state index in [2.05, 4.69) is 12.2 Å². The number of anilines is 1. The minimum Gasteiger partial charge on any atom is -0.398 e. The first-order chi connectivity index (χ1) is 10.0. The zero-order valence-corrected chi connectivity index (χ0v) is 13.5. The van der Waals surface area contributed by atoms with E-state index in [9.17, 15) is 4.79 Å². The fraction of sp³-hybridized carbons (Fsp3) is 0.611. The summed E-state index contributed by atoms with van der Waals surface area (Å²) in [6, 6.07) is 4.12. The molecule has 0 atom stereocenters. The van der Waals surface area contributed by atoms with Crippen LogP contribution >= 0.6 is 0 Å². The molecule has 0 heterocycles. The SMILES string of the molecule is CCCC1CCC(NC(=O)c2cc(N)c(C)cc2C)CC1. The second kappa shape index (κ2) is 6.97. The third-order valence-electron chi connectivity index (χ3n) is 4.74. The monoisotopic (exact) mass is 288 g/mol. The first kappa shape index (κ1) is 15.9. The van der Waals surface area contributed by atoms with Gasteiger partial charge in [-0.25, -0.2) is 0 Å². The van der Waals surface area contributed by atoms with Crippen LogP contribution in [0.25, 0.3) is 0 Å². The molecule has 0 unspecified atom stereocenters. The molecule has 1 fully saturated rings. The third-order valence-corrected chi connectivity index (χ3v) is 4.74. The predicted octanol–water partition coefficient (Wildman–Crippen LogP) is 3.97. The van der Waals surface area contributed by atoms with Crippen LogP contribution in [0.5, 0.6) is 0 Å². The third kappa shape index (κ3) is 3.99. The Labute approximate surface area is 128 Å². The molecule has 3 N–H and O–H groups in total. The molecule has 3 nitrogen and oxygen atoms in total. The van der Waals surface area contributed by atoms with Crippen LogP contribution in [-0.4, -0.2) is 11.9 Å². The minimum atomic E-state index is 0.0261. The van der Waals surface area contributed by atoms with E-state index in [0.29, 0.717) is 17.3 Å². The maximum absolute atomic E-state index is 12.4. The molecule has 2 rings (SSSR count). The first-order valence-corrected chi connectivity index (χ1v) is 8.18. The molecule has 21 heavy (non-hydrogen) atoms. The lowest BCUT2D eigenvalue weighted by Gasteiger charge is -2.29. The molecule has 0 radical (unpaired) electrons. The number of carbonyl (C=O) groups excluding carboxylic acids is 1. The van der Waals surface area contributed by atoms with Crippen LogP contribution in [0.15, 0.2) is 12.1 Å². The van der Waals surface area contributed by atoms with Crippen molar-refractivity contribution in [2.45, 2.75) is 65.3 Å². The van der Waals surface area contributed by atoms with E-state index < -0.39 is 0 Å². The van der Waals surface area contributed by atoms with Crippen molar-refractivity contribution in [3.63, 3.8) is 0 Å². The van der Waals surface area contributed by atoms with Crippen LogP contribution in [0.4, 0.5) is 5.69 Å². The number of hydrogen-bond donors (Lipinski definition) is 2. The van der Waals surface area contributed by atoms with Crippen LogP contribution in [-0.2, 0) is 0 Å². The maximum atomic E-state index is 12.4. The lowest BCUT2D eigenvalue weighted by Crippen LogP contribution is -2.38.